The molecule has 0 spiro atoms. The van der Waals surface area contributed by atoms with E-state index in [9.17, 15) is 19.5 Å². The van der Waals surface area contributed by atoms with Crippen molar-refractivity contribution in [2.75, 3.05) is 0 Å². The summed E-state index contributed by atoms with van der Waals surface area (Å²) in [7, 11) is 2.82. The van der Waals surface area contributed by atoms with E-state index in [1.54, 1.807) is 0 Å². The lowest BCUT2D eigenvalue weighted by Gasteiger charge is -2.22. The van der Waals surface area contributed by atoms with Gasteiger partial charge in [-0.25, -0.2) is 9.79 Å². The molecule has 0 aliphatic carbocycles. The van der Waals surface area contributed by atoms with Crippen molar-refractivity contribution in [3.63, 3.8) is 0 Å². The Kier molecular flexibility index (Phi) is 3.85. The second-order valence-electron chi connectivity index (χ2n) is 5.20. The topological polar surface area (TPSA) is 93.7 Å². The number of aliphatic imine (C=N–C) groups is 1. The van der Waals surface area contributed by atoms with Crippen LogP contribution >= 0.6 is 27.3 Å². The monoisotopic (exact) mass is 397 g/mol. The lowest BCUT2D eigenvalue weighted by molar-refractivity contribution is -0.138. The number of aliphatic carboxylic acids is 1. The first-order valence-electron chi connectivity index (χ1n) is 6.67. The second kappa shape index (κ2) is 5.57. The first-order valence-corrected chi connectivity index (χ1v) is 8.28. The van der Waals surface area contributed by atoms with Crippen molar-refractivity contribution >= 4 is 44.8 Å². The molecule has 3 heterocycles. The molecule has 7 nitrogen and oxygen atoms in total. The number of fused-ring (bicyclic) bond motifs is 1. The van der Waals surface area contributed by atoms with Crippen LogP contribution in [0.5, 0.6) is 0 Å². The van der Waals surface area contributed by atoms with Crippen molar-refractivity contribution < 1.29 is 9.90 Å². The van der Waals surface area contributed by atoms with Gasteiger partial charge in [-0.05, 0) is 28.1 Å². The van der Waals surface area contributed by atoms with Gasteiger partial charge in [-0.2, -0.15) is 0 Å². The molecule has 1 aliphatic rings. The van der Waals surface area contributed by atoms with E-state index in [0.29, 0.717) is 5.71 Å². The van der Waals surface area contributed by atoms with Gasteiger partial charge < -0.3 is 5.11 Å². The molecule has 2 aromatic rings. The van der Waals surface area contributed by atoms with Crippen LogP contribution in [0.3, 0.4) is 0 Å². The van der Waals surface area contributed by atoms with E-state index in [-0.39, 0.29) is 17.8 Å². The highest BCUT2D eigenvalue weighted by atomic mass is 79.9. The van der Waals surface area contributed by atoms with E-state index in [2.05, 4.69) is 20.9 Å². The Labute approximate surface area is 142 Å². The molecule has 2 aromatic heterocycles. The number of carboxylic acid groups (broad SMARTS) is 1. The molecule has 1 unspecified atom stereocenters. The summed E-state index contributed by atoms with van der Waals surface area (Å²) in [6, 6.07) is 3.67. The number of carbonyl (C=O) groups is 1. The quantitative estimate of drug-likeness (QED) is 0.832. The van der Waals surface area contributed by atoms with Gasteiger partial charge in [0.05, 0.1) is 21.0 Å². The predicted octanol–water partition coefficient (Wildman–Crippen LogP) is 1.60. The average Bonchev–Trinajstić information content (AvgIpc) is 2.96. The number of halogens is 1. The van der Waals surface area contributed by atoms with Gasteiger partial charge in [0.25, 0.3) is 5.56 Å². The van der Waals surface area contributed by atoms with Crippen LogP contribution in [-0.4, -0.2) is 25.9 Å². The highest BCUT2D eigenvalue weighted by Gasteiger charge is 2.34. The van der Waals surface area contributed by atoms with Gasteiger partial charge in [-0.15, -0.1) is 11.3 Å². The van der Waals surface area contributed by atoms with Crippen LogP contribution < -0.4 is 11.2 Å². The predicted molar refractivity (Wildman–Crippen MR) is 90.1 cm³/mol. The number of carboxylic acids is 1. The fraction of sp³-hybridized carbons (Fsp3) is 0.286. The van der Waals surface area contributed by atoms with E-state index < -0.39 is 23.1 Å². The van der Waals surface area contributed by atoms with Gasteiger partial charge in [-0.1, -0.05) is 0 Å². The summed E-state index contributed by atoms with van der Waals surface area (Å²) in [6.45, 7) is 0. The van der Waals surface area contributed by atoms with Crippen molar-refractivity contribution in [2.45, 2.75) is 12.3 Å². The molecule has 0 amide bonds. The number of hydrogen-bond donors (Lipinski definition) is 1. The highest BCUT2D eigenvalue weighted by molar-refractivity contribution is 9.11. The van der Waals surface area contributed by atoms with Crippen LogP contribution in [0.25, 0.3) is 0 Å². The van der Waals surface area contributed by atoms with Gasteiger partial charge in [0.2, 0.25) is 0 Å². The van der Waals surface area contributed by atoms with Crippen molar-refractivity contribution in [1.82, 2.24) is 9.13 Å². The molecule has 0 saturated carbocycles. The van der Waals surface area contributed by atoms with Crippen molar-refractivity contribution in [1.29, 1.82) is 0 Å². The maximum Gasteiger partial charge on any atom is 0.332 e. The third-order valence-electron chi connectivity index (χ3n) is 3.81. The van der Waals surface area contributed by atoms with E-state index >= 15 is 0 Å². The Bertz CT molecular complexity index is 969. The van der Waals surface area contributed by atoms with Crippen molar-refractivity contribution in [2.24, 2.45) is 19.1 Å². The molecule has 0 bridgehead atoms. The second-order valence-corrected chi connectivity index (χ2v) is 7.66. The molecular formula is C14H12BrN3O4S. The summed E-state index contributed by atoms with van der Waals surface area (Å²) >= 11 is 4.78. The molecule has 1 atom stereocenters. The molecule has 0 radical (unpaired) electrons. The summed E-state index contributed by atoms with van der Waals surface area (Å²) in [4.78, 5) is 41.3. The van der Waals surface area contributed by atoms with Crippen LogP contribution in [0.2, 0.25) is 0 Å². The summed E-state index contributed by atoms with van der Waals surface area (Å²) < 4.78 is 3.02. The standard InChI is InChI=1S/C14H12BrN3O4S/c1-17-11-10(12(19)18(2)14(17)22)6(13(20)21)5-7(16-11)8-3-4-9(15)23-8/h3-4,6H,5H2,1-2H3,(H,20,21). The van der Waals surface area contributed by atoms with Gasteiger partial charge >= 0.3 is 11.7 Å². The minimum absolute atomic E-state index is 0.0569. The minimum atomic E-state index is -1.11. The zero-order valence-electron chi connectivity index (χ0n) is 12.2. The van der Waals surface area contributed by atoms with Crippen LogP contribution in [0.15, 0.2) is 30.5 Å². The van der Waals surface area contributed by atoms with E-state index in [1.165, 1.54) is 30.0 Å². The maximum atomic E-state index is 12.4. The van der Waals surface area contributed by atoms with Gasteiger partial charge in [0, 0.05) is 25.4 Å². The normalized spacial score (nSPS) is 16.8. The minimum Gasteiger partial charge on any atom is -0.481 e. The molecule has 120 valence electrons. The molecule has 1 N–H and O–H groups in total. The molecule has 23 heavy (non-hydrogen) atoms. The zero-order chi connectivity index (χ0) is 16.9. The Morgan fingerprint density at radius 2 is 2.04 bits per heavy atom. The average molecular weight is 398 g/mol. The Morgan fingerprint density at radius 1 is 1.35 bits per heavy atom. The van der Waals surface area contributed by atoms with E-state index in [0.717, 1.165) is 13.2 Å². The first-order chi connectivity index (χ1) is 10.8. The largest absolute Gasteiger partial charge is 0.481 e. The first kappa shape index (κ1) is 15.9. The summed E-state index contributed by atoms with van der Waals surface area (Å²) in [5, 5.41) is 9.53. The Morgan fingerprint density at radius 3 is 2.61 bits per heavy atom. The third-order valence-corrected chi connectivity index (χ3v) is 5.48. The van der Waals surface area contributed by atoms with Crippen LogP contribution in [0.1, 0.15) is 22.8 Å². The number of thiophene rings is 1. The summed E-state index contributed by atoms with van der Waals surface area (Å²) in [5.41, 5.74) is -0.522. The SMILES string of the molecule is Cn1c2c(c(=O)n(C)c1=O)C(C(=O)O)CC(c1ccc(Br)s1)=N2. The molecule has 0 aromatic carbocycles. The van der Waals surface area contributed by atoms with Crippen LogP contribution in [-0.2, 0) is 18.9 Å². The molecule has 3 rings (SSSR count). The van der Waals surface area contributed by atoms with Crippen LogP contribution in [0, 0.1) is 0 Å². The molecule has 0 saturated heterocycles. The van der Waals surface area contributed by atoms with Crippen molar-refractivity contribution in [3.05, 3.63) is 47.2 Å². The van der Waals surface area contributed by atoms with Gasteiger partial charge in [-0.3, -0.25) is 18.7 Å². The smallest absolute Gasteiger partial charge is 0.332 e. The molecule has 1 aliphatic heterocycles. The number of aromatic nitrogens is 2. The third kappa shape index (κ3) is 2.49. The highest BCUT2D eigenvalue weighted by Crippen LogP contribution is 2.35. The summed E-state index contributed by atoms with van der Waals surface area (Å²) in [5.74, 6) is -2.01. The summed E-state index contributed by atoms with van der Waals surface area (Å²) in [6.07, 6.45) is 0.114. The molecular weight excluding hydrogens is 386 g/mol. The van der Waals surface area contributed by atoms with E-state index in [1.807, 2.05) is 12.1 Å². The number of rotatable bonds is 2. The van der Waals surface area contributed by atoms with Gasteiger partial charge in [0.1, 0.15) is 5.82 Å². The van der Waals surface area contributed by atoms with Gasteiger partial charge in [0.15, 0.2) is 0 Å². The lowest BCUT2D eigenvalue weighted by Crippen LogP contribution is -2.41. The fourth-order valence-electron chi connectivity index (χ4n) is 2.60. The lowest BCUT2D eigenvalue weighted by atomic mass is 9.91. The van der Waals surface area contributed by atoms with E-state index in [4.69, 9.17) is 0 Å². The number of nitrogens with zero attached hydrogens (tertiary/aromatic N) is 3. The Hall–Kier alpha value is -2.00. The molecule has 0 fully saturated rings. The Balaban J connectivity index is 2.33. The molecule has 9 heteroatoms. The fourth-order valence-corrected chi connectivity index (χ4v) is 3.99. The number of hydrogen-bond acceptors (Lipinski definition) is 5. The van der Waals surface area contributed by atoms with Crippen LogP contribution in [0.4, 0.5) is 5.82 Å². The maximum absolute atomic E-state index is 12.4. The zero-order valence-corrected chi connectivity index (χ0v) is 14.6. The van der Waals surface area contributed by atoms with Crippen molar-refractivity contribution in [3.8, 4) is 0 Å².